The first kappa shape index (κ1) is 54.4. The van der Waals surface area contributed by atoms with Gasteiger partial charge in [-0.05, 0) is 81.1 Å². The van der Waals surface area contributed by atoms with Gasteiger partial charge in [0.25, 0.3) is 23.4 Å². The standard InChI is InChI=1S/C24H33N7O5S.C18H28N6O6S/c1-15(2)13-18(20(32)14-27-25)28-22(34)19-6-3-11-30-21(33)8-7-17(23(35)31(19)30)29-24(36)26-10-9-16-5-4-12-37-16;1-11(2)9-13(15(25)10-20-19)21-17(27)14-5-4-8-23-16(26)7-6-12(18(28)24(14)23)22-31(3,29)30/h4-5,12,14-15,17-19H,3,6-11,13H2,1-2H3,(H,28,34)(H2,26,29,36);10-14,22H,4-9H2,1-3H3,(H,21,27)/t17-,18-,19-;12?,13-,14?/m00/s1. The Bertz CT molecular complexity index is 2260. The summed E-state index contributed by atoms with van der Waals surface area (Å²) < 4.78 is 25.6. The topological polar surface area (TPSA) is 334 Å². The largest absolute Gasteiger partial charge is 0.361 e. The van der Waals surface area contributed by atoms with Gasteiger partial charge < -0.3 is 32.3 Å². The van der Waals surface area contributed by atoms with E-state index in [2.05, 4.69) is 35.6 Å². The highest BCUT2D eigenvalue weighted by Gasteiger charge is 2.47. The lowest BCUT2D eigenvalue weighted by molar-refractivity contribution is -0.176. The minimum absolute atomic E-state index is 0.0203. The number of carbonyl (C=O) groups is 9. The Morgan fingerprint density at radius 1 is 0.765 bits per heavy atom. The number of fused-ring (bicyclic) bond motifs is 2. The van der Waals surface area contributed by atoms with Gasteiger partial charge in [0.2, 0.25) is 33.7 Å². The summed E-state index contributed by atoms with van der Waals surface area (Å²) in [7, 11) is -3.73. The molecule has 6 atom stereocenters. The molecule has 68 heavy (non-hydrogen) atoms. The normalized spacial score (nSPS) is 21.6. The summed E-state index contributed by atoms with van der Waals surface area (Å²) >= 11 is 1.59. The third-order valence-corrected chi connectivity index (χ3v) is 13.0. The molecular formula is C42H61N13O11S2. The highest BCUT2D eigenvalue weighted by molar-refractivity contribution is 7.88. The zero-order valence-electron chi connectivity index (χ0n) is 38.8. The molecule has 0 saturated carbocycles. The SMILES string of the molecule is CC(C)C[C@H](NC(=O)C1CCCN2C(=O)CCC(NS(C)(=O)=O)C(=O)N12)C(=O)C=[N+]=[N-].CC(C)C[C@H](NC(=O)[C@@H]1CCCN2C(=O)CC[C@H](NC(=O)NCCc3cccs3)C(=O)N12)C(=O)C=[N+]=[N-]. The summed E-state index contributed by atoms with van der Waals surface area (Å²) in [4.78, 5) is 122. The molecule has 0 spiro atoms. The summed E-state index contributed by atoms with van der Waals surface area (Å²) in [5, 5.41) is 17.2. The van der Waals surface area contributed by atoms with Crippen molar-refractivity contribution in [3.05, 3.63) is 33.5 Å². The van der Waals surface area contributed by atoms with Crippen molar-refractivity contribution in [2.75, 3.05) is 25.9 Å². The Labute approximate surface area is 398 Å². The van der Waals surface area contributed by atoms with Gasteiger partial charge in [-0.15, -0.1) is 11.3 Å². The van der Waals surface area contributed by atoms with Crippen molar-refractivity contribution in [2.24, 2.45) is 11.8 Å². The van der Waals surface area contributed by atoms with E-state index in [1.807, 2.05) is 45.2 Å². The zero-order chi connectivity index (χ0) is 50.3. The molecule has 372 valence electrons. The van der Waals surface area contributed by atoms with E-state index in [0.29, 0.717) is 38.4 Å². The Hall–Kier alpha value is -6.20. The van der Waals surface area contributed by atoms with Gasteiger partial charge in [0.1, 0.15) is 24.2 Å². The van der Waals surface area contributed by atoms with Gasteiger partial charge >= 0.3 is 18.5 Å². The third kappa shape index (κ3) is 15.4. The van der Waals surface area contributed by atoms with Crippen LogP contribution in [-0.2, 0) is 54.8 Å². The maximum atomic E-state index is 13.5. The van der Waals surface area contributed by atoms with Crippen molar-refractivity contribution in [3.63, 3.8) is 0 Å². The molecule has 1 aromatic rings. The first-order chi connectivity index (χ1) is 32.1. The molecule has 2 unspecified atom stereocenters. The maximum Gasteiger partial charge on any atom is 0.325 e. The first-order valence-corrected chi connectivity index (χ1v) is 25.3. The van der Waals surface area contributed by atoms with Crippen molar-refractivity contribution in [1.29, 1.82) is 0 Å². The molecule has 5 N–H and O–H groups in total. The number of Topliss-reactive ketones (excluding diaryl/α,β-unsaturated/α-hetero) is 2. The van der Waals surface area contributed by atoms with Crippen molar-refractivity contribution >= 4 is 86.8 Å². The van der Waals surface area contributed by atoms with Gasteiger partial charge in [-0.25, -0.2) is 28.0 Å². The molecule has 5 heterocycles. The number of carbonyl (C=O) groups excluding carboxylic acids is 9. The number of thiophene rings is 1. The molecule has 4 aliphatic rings. The lowest BCUT2D eigenvalue weighted by Crippen LogP contribution is -2.64. The van der Waals surface area contributed by atoms with E-state index in [4.69, 9.17) is 11.1 Å². The minimum Gasteiger partial charge on any atom is -0.361 e. The van der Waals surface area contributed by atoms with Crippen LogP contribution in [-0.4, -0.2) is 166 Å². The number of hydrogen-bond donors (Lipinski definition) is 5. The first-order valence-electron chi connectivity index (χ1n) is 22.5. The fourth-order valence-electron chi connectivity index (χ4n) is 8.27. The fraction of sp³-hybridized carbons (Fsp3) is 0.643. The van der Waals surface area contributed by atoms with Crippen LogP contribution in [0.15, 0.2) is 17.5 Å². The maximum absolute atomic E-state index is 13.5. The van der Waals surface area contributed by atoms with E-state index in [0.717, 1.165) is 27.4 Å². The molecule has 0 bridgehead atoms. The van der Waals surface area contributed by atoms with Gasteiger partial charge in [0.15, 0.2) is 0 Å². The number of amides is 8. The number of nitrogens with zero attached hydrogens (tertiary/aromatic N) is 8. The second-order valence-corrected chi connectivity index (χ2v) is 20.5. The molecule has 1 aromatic heterocycles. The summed E-state index contributed by atoms with van der Waals surface area (Å²) in [6.07, 6.45) is 5.14. The van der Waals surface area contributed by atoms with Crippen molar-refractivity contribution in [3.8, 4) is 0 Å². The molecule has 0 aromatic carbocycles. The van der Waals surface area contributed by atoms with E-state index in [9.17, 15) is 51.6 Å². The van der Waals surface area contributed by atoms with Gasteiger partial charge in [-0.3, -0.25) is 48.4 Å². The van der Waals surface area contributed by atoms with E-state index in [1.165, 1.54) is 10.0 Å². The van der Waals surface area contributed by atoms with Crippen LogP contribution < -0.4 is 26.0 Å². The molecule has 4 aliphatic heterocycles. The predicted octanol–water partition coefficient (Wildman–Crippen LogP) is -0.279. The van der Waals surface area contributed by atoms with Gasteiger partial charge in [-0.1, -0.05) is 33.8 Å². The Morgan fingerprint density at radius 2 is 1.24 bits per heavy atom. The molecule has 24 nitrogen and oxygen atoms in total. The Balaban J connectivity index is 0.000000301. The number of nitrogens with one attached hydrogen (secondary N) is 5. The van der Waals surface area contributed by atoms with Crippen molar-refractivity contribution in [1.82, 2.24) is 46.0 Å². The smallest absolute Gasteiger partial charge is 0.325 e. The van der Waals surface area contributed by atoms with E-state index < -0.39 is 87.5 Å². The Kier molecular flexibility index (Phi) is 20.2. The molecule has 5 rings (SSSR count). The highest BCUT2D eigenvalue weighted by atomic mass is 32.2. The predicted molar refractivity (Wildman–Crippen MR) is 244 cm³/mol. The number of ketones is 2. The van der Waals surface area contributed by atoms with Crippen LogP contribution in [0.1, 0.15) is 96.8 Å². The molecule has 8 amide bonds. The van der Waals surface area contributed by atoms with Gasteiger partial charge in [0, 0.05) is 37.4 Å². The molecule has 4 saturated heterocycles. The second kappa shape index (κ2) is 25.2. The number of sulfonamides is 1. The van der Waals surface area contributed by atoms with E-state index in [-0.39, 0.29) is 81.7 Å². The quantitative estimate of drug-likeness (QED) is 0.0724. The number of rotatable bonds is 18. The van der Waals surface area contributed by atoms with Crippen LogP contribution >= 0.6 is 11.3 Å². The summed E-state index contributed by atoms with van der Waals surface area (Å²) in [6.45, 7) is 8.35. The van der Waals surface area contributed by atoms with Gasteiger partial charge in [-0.2, -0.15) is 9.58 Å². The average molecular weight is 988 g/mol. The average Bonchev–Trinajstić information content (AvgIpc) is 3.73. The fourth-order valence-corrected chi connectivity index (χ4v) is 9.72. The highest BCUT2D eigenvalue weighted by Crippen LogP contribution is 2.27. The van der Waals surface area contributed by atoms with Crippen molar-refractivity contribution in [2.45, 2.75) is 135 Å². The van der Waals surface area contributed by atoms with Crippen LogP contribution in [0.25, 0.3) is 11.1 Å². The zero-order valence-corrected chi connectivity index (χ0v) is 40.4. The molecule has 4 fully saturated rings. The van der Waals surface area contributed by atoms with E-state index in [1.54, 1.807) is 11.3 Å². The second-order valence-electron chi connectivity index (χ2n) is 17.7. The van der Waals surface area contributed by atoms with Crippen LogP contribution in [0.5, 0.6) is 0 Å². The summed E-state index contributed by atoms with van der Waals surface area (Å²) in [5.74, 6) is -4.26. The molecule has 0 aliphatic carbocycles. The van der Waals surface area contributed by atoms with Crippen LogP contribution in [0.4, 0.5) is 4.79 Å². The number of urea groups is 1. The van der Waals surface area contributed by atoms with Crippen molar-refractivity contribution < 1.29 is 61.1 Å². The van der Waals surface area contributed by atoms with Crippen LogP contribution in [0.2, 0.25) is 0 Å². The lowest BCUT2D eigenvalue weighted by atomic mass is 9.99. The minimum atomic E-state index is -3.73. The Morgan fingerprint density at radius 3 is 1.66 bits per heavy atom. The molecule has 26 heteroatoms. The monoisotopic (exact) mass is 987 g/mol. The van der Waals surface area contributed by atoms with Gasteiger partial charge in [0.05, 0.1) is 18.3 Å². The summed E-state index contributed by atoms with van der Waals surface area (Å²) in [6, 6.07) is -2.81. The number of hydrogen-bond acceptors (Lipinski definition) is 12. The molecule has 0 radical (unpaired) electrons. The third-order valence-electron chi connectivity index (χ3n) is 11.3. The van der Waals surface area contributed by atoms with Crippen LogP contribution in [0.3, 0.4) is 0 Å². The number of hydrazine groups is 2. The van der Waals surface area contributed by atoms with E-state index >= 15 is 0 Å². The lowest BCUT2D eigenvalue weighted by Gasteiger charge is -2.43. The van der Waals surface area contributed by atoms with Crippen LogP contribution in [0, 0.1) is 11.8 Å². The summed E-state index contributed by atoms with van der Waals surface area (Å²) in [5.41, 5.74) is 17.4. The molecular weight excluding hydrogens is 927 g/mol.